The molecule has 0 atom stereocenters. The van der Waals surface area contributed by atoms with E-state index in [9.17, 15) is 0 Å². The van der Waals surface area contributed by atoms with Crippen LogP contribution in [0.5, 0.6) is 0 Å². The molecule has 1 heterocycles. The molecule has 3 N–H and O–H groups in total. The molecule has 1 fully saturated rings. The zero-order chi connectivity index (χ0) is 17.5. The monoisotopic (exact) mass is 356 g/mol. The van der Waals surface area contributed by atoms with E-state index in [1.165, 1.54) is 18.4 Å². The van der Waals surface area contributed by atoms with Crippen LogP contribution in [0.4, 0.5) is 0 Å². The number of halogens is 1. The predicted octanol–water partition coefficient (Wildman–Crippen LogP) is 3.69. The summed E-state index contributed by atoms with van der Waals surface area (Å²) in [6, 6.07) is 14.1. The van der Waals surface area contributed by atoms with Gasteiger partial charge in [-0.15, -0.1) is 0 Å². The Labute approximate surface area is 154 Å². The molecule has 25 heavy (non-hydrogen) atoms. The third kappa shape index (κ3) is 4.73. The van der Waals surface area contributed by atoms with Gasteiger partial charge in [0, 0.05) is 35.3 Å². The summed E-state index contributed by atoms with van der Waals surface area (Å²) < 4.78 is 0. The summed E-state index contributed by atoms with van der Waals surface area (Å²) in [5.74, 6) is 0.510. The molecule has 4 nitrogen and oxygen atoms in total. The maximum absolute atomic E-state index is 6.07. The van der Waals surface area contributed by atoms with E-state index < -0.39 is 0 Å². The zero-order valence-electron chi connectivity index (χ0n) is 14.4. The Morgan fingerprint density at radius 3 is 2.60 bits per heavy atom. The topological polar surface area (TPSA) is 63.3 Å². The number of guanidine groups is 1. The van der Waals surface area contributed by atoms with Gasteiger partial charge >= 0.3 is 0 Å². The van der Waals surface area contributed by atoms with Gasteiger partial charge in [0.15, 0.2) is 5.96 Å². The second-order valence-electron chi connectivity index (χ2n) is 6.69. The number of benzene rings is 1. The Balaban J connectivity index is 1.58. The molecule has 0 spiro atoms. The van der Waals surface area contributed by atoms with Crippen LogP contribution in [-0.4, -0.2) is 24.0 Å². The van der Waals surface area contributed by atoms with E-state index in [0.29, 0.717) is 5.96 Å². The molecule has 0 saturated heterocycles. The second kappa shape index (κ2) is 8.34. The maximum atomic E-state index is 6.07. The second-order valence-corrected chi connectivity index (χ2v) is 7.13. The van der Waals surface area contributed by atoms with Crippen molar-refractivity contribution in [2.45, 2.75) is 37.5 Å². The fourth-order valence-corrected chi connectivity index (χ4v) is 3.68. The fourth-order valence-electron chi connectivity index (χ4n) is 3.55. The highest BCUT2D eigenvalue weighted by molar-refractivity contribution is 6.30. The van der Waals surface area contributed by atoms with Crippen LogP contribution < -0.4 is 11.1 Å². The zero-order valence-corrected chi connectivity index (χ0v) is 15.2. The summed E-state index contributed by atoms with van der Waals surface area (Å²) in [7, 11) is 0. The molecular weight excluding hydrogens is 332 g/mol. The first kappa shape index (κ1) is 17.7. The fraction of sp³-hybridized carbons (Fsp3) is 0.400. The first-order valence-electron chi connectivity index (χ1n) is 8.88. The Morgan fingerprint density at radius 2 is 1.92 bits per heavy atom. The van der Waals surface area contributed by atoms with Crippen molar-refractivity contribution in [2.75, 3.05) is 13.1 Å². The lowest BCUT2D eigenvalue weighted by molar-refractivity contribution is 0.453. The van der Waals surface area contributed by atoms with Crippen LogP contribution in [0, 0.1) is 0 Å². The standard InChI is InChI=1S/C20H25ClN4/c21-17-8-6-16(7-9-17)20(11-2-3-12-20)15-25-19(22)24-14-10-18-5-1-4-13-23-18/h1,4-9,13H,2-3,10-12,14-15H2,(H3,22,24,25). The Morgan fingerprint density at radius 1 is 1.16 bits per heavy atom. The third-order valence-electron chi connectivity index (χ3n) is 4.98. The SMILES string of the molecule is NC(=NCC1(c2ccc(Cl)cc2)CCCC1)NCCc1ccccn1. The Hall–Kier alpha value is -2.07. The highest BCUT2D eigenvalue weighted by atomic mass is 35.5. The lowest BCUT2D eigenvalue weighted by Gasteiger charge is -2.28. The van der Waals surface area contributed by atoms with Gasteiger partial charge in [0.05, 0.1) is 6.54 Å². The first-order valence-corrected chi connectivity index (χ1v) is 9.26. The number of nitrogens with two attached hydrogens (primary N) is 1. The average molecular weight is 357 g/mol. The van der Waals surface area contributed by atoms with Gasteiger partial charge < -0.3 is 11.1 Å². The average Bonchev–Trinajstić information content (AvgIpc) is 3.12. The molecule has 1 aromatic carbocycles. The van der Waals surface area contributed by atoms with Gasteiger partial charge in [0.1, 0.15) is 0 Å². The highest BCUT2D eigenvalue weighted by Crippen LogP contribution is 2.41. The van der Waals surface area contributed by atoms with Crippen molar-refractivity contribution < 1.29 is 0 Å². The van der Waals surface area contributed by atoms with Crippen LogP contribution in [-0.2, 0) is 11.8 Å². The summed E-state index contributed by atoms with van der Waals surface area (Å²) in [6.45, 7) is 1.46. The van der Waals surface area contributed by atoms with Gasteiger partial charge in [0.25, 0.3) is 0 Å². The molecule has 1 aliphatic carbocycles. The van der Waals surface area contributed by atoms with E-state index >= 15 is 0 Å². The number of aromatic nitrogens is 1. The number of rotatable bonds is 6. The van der Waals surface area contributed by atoms with Crippen LogP contribution in [0.1, 0.15) is 36.9 Å². The Kier molecular flexibility index (Phi) is 5.92. The van der Waals surface area contributed by atoms with E-state index in [0.717, 1.165) is 43.1 Å². The minimum absolute atomic E-state index is 0.0951. The molecule has 132 valence electrons. The molecule has 3 rings (SSSR count). The van der Waals surface area contributed by atoms with Crippen molar-refractivity contribution in [3.63, 3.8) is 0 Å². The summed E-state index contributed by atoms with van der Waals surface area (Å²) in [5, 5.41) is 3.97. The van der Waals surface area contributed by atoms with Crippen LogP contribution >= 0.6 is 11.6 Å². The molecule has 0 radical (unpaired) electrons. The van der Waals surface area contributed by atoms with Crippen molar-refractivity contribution in [1.29, 1.82) is 0 Å². The number of aliphatic imine (C=N–C) groups is 1. The largest absolute Gasteiger partial charge is 0.370 e. The quantitative estimate of drug-likeness (QED) is 0.612. The van der Waals surface area contributed by atoms with Crippen molar-refractivity contribution in [3.8, 4) is 0 Å². The third-order valence-corrected chi connectivity index (χ3v) is 5.23. The molecule has 0 bridgehead atoms. The minimum atomic E-state index is 0.0951. The molecule has 0 aliphatic heterocycles. The molecular formula is C20H25ClN4. The number of nitrogens with zero attached hydrogens (tertiary/aromatic N) is 2. The summed E-state index contributed by atoms with van der Waals surface area (Å²) in [4.78, 5) is 8.95. The van der Waals surface area contributed by atoms with Gasteiger partial charge in [0.2, 0.25) is 0 Å². The summed E-state index contributed by atoms with van der Waals surface area (Å²) >= 11 is 6.04. The molecule has 5 heteroatoms. The van der Waals surface area contributed by atoms with Crippen molar-refractivity contribution >= 4 is 17.6 Å². The van der Waals surface area contributed by atoms with Crippen molar-refractivity contribution in [3.05, 3.63) is 64.9 Å². The molecule has 2 aromatic rings. The summed E-state index contributed by atoms with van der Waals surface area (Å²) in [5.41, 5.74) is 8.54. The van der Waals surface area contributed by atoms with E-state index in [-0.39, 0.29) is 5.41 Å². The first-order chi connectivity index (χ1) is 12.2. The van der Waals surface area contributed by atoms with Gasteiger partial charge in [-0.2, -0.15) is 0 Å². The van der Waals surface area contributed by atoms with Crippen LogP contribution in [0.3, 0.4) is 0 Å². The highest BCUT2D eigenvalue weighted by Gasteiger charge is 2.35. The van der Waals surface area contributed by atoms with E-state index in [1.807, 2.05) is 36.5 Å². The predicted molar refractivity (Wildman–Crippen MR) is 104 cm³/mol. The number of hydrogen-bond donors (Lipinski definition) is 2. The van der Waals surface area contributed by atoms with Crippen LogP contribution in [0.2, 0.25) is 5.02 Å². The van der Waals surface area contributed by atoms with Gasteiger partial charge in [-0.1, -0.05) is 42.6 Å². The van der Waals surface area contributed by atoms with E-state index in [4.69, 9.17) is 17.3 Å². The number of hydrogen-bond acceptors (Lipinski definition) is 2. The Bertz CT molecular complexity index is 691. The lowest BCUT2D eigenvalue weighted by Crippen LogP contribution is -2.35. The smallest absolute Gasteiger partial charge is 0.188 e. The maximum Gasteiger partial charge on any atom is 0.188 e. The minimum Gasteiger partial charge on any atom is -0.370 e. The van der Waals surface area contributed by atoms with Gasteiger partial charge in [-0.3, -0.25) is 9.98 Å². The molecule has 0 amide bonds. The van der Waals surface area contributed by atoms with Crippen LogP contribution in [0.15, 0.2) is 53.7 Å². The molecule has 0 unspecified atom stereocenters. The van der Waals surface area contributed by atoms with Crippen LogP contribution in [0.25, 0.3) is 0 Å². The van der Waals surface area contributed by atoms with Crippen molar-refractivity contribution in [1.82, 2.24) is 10.3 Å². The van der Waals surface area contributed by atoms with E-state index in [2.05, 4.69) is 27.4 Å². The summed E-state index contributed by atoms with van der Waals surface area (Å²) in [6.07, 6.45) is 7.43. The molecule has 1 aromatic heterocycles. The molecule has 1 aliphatic rings. The normalized spacial score (nSPS) is 16.8. The van der Waals surface area contributed by atoms with E-state index in [1.54, 1.807) is 0 Å². The number of pyridine rings is 1. The molecule has 1 saturated carbocycles. The number of nitrogens with one attached hydrogen (secondary N) is 1. The lowest BCUT2D eigenvalue weighted by atomic mass is 9.79. The van der Waals surface area contributed by atoms with Crippen molar-refractivity contribution in [2.24, 2.45) is 10.7 Å². The van der Waals surface area contributed by atoms with Gasteiger partial charge in [-0.05, 0) is 42.7 Å². The van der Waals surface area contributed by atoms with Gasteiger partial charge in [-0.25, -0.2) is 0 Å².